The van der Waals surface area contributed by atoms with Crippen molar-refractivity contribution in [2.24, 2.45) is 0 Å². The van der Waals surface area contributed by atoms with Crippen LogP contribution in [0.25, 0.3) is 0 Å². The molecule has 0 aliphatic heterocycles. The van der Waals surface area contributed by atoms with Gasteiger partial charge in [0.2, 0.25) is 11.8 Å². The summed E-state index contributed by atoms with van der Waals surface area (Å²) in [5.41, 5.74) is 1.36. The highest BCUT2D eigenvalue weighted by molar-refractivity contribution is 8.01. The van der Waals surface area contributed by atoms with Crippen LogP contribution in [0.4, 0.5) is 5.69 Å². The van der Waals surface area contributed by atoms with Crippen molar-refractivity contribution in [1.82, 2.24) is 10.3 Å². The van der Waals surface area contributed by atoms with Gasteiger partial charge in [-0.15, -0.1) is 11.3 Å². The molecule has 0 spiro atoms. The predicted molar refractivity (Wildman–Crippen MR) is 109 cm³/mol. The van der Waals surface area contributed by atoms with Gasteiger partial charge in [-0.25, -0.2) is 4.98 Å². The van der Waals surface area contributed by atoms with E-state index in [2.05, 4.69) is 15.6 Å². The summed E-state index contributed by atoms with van der Waals surface area (Å²) >= 11 is 2.75. The molecule has 0 saturated heterocycles. The minimum atomic E-state index is -0.133. The fraction of sp³-hybridized carbons (Fsp3) is 0.211. The van der Waals surface area contributed by atoms with Crippen LogP contribution < -0.4 is 15.4 Å². The lowest BCUT2D eigenvalue weighted by atomic mass is 10.3. The molecule has 1 aromatic carbocycles. The Bertz CT molecular complexity index is 925. The number of nitrogens with one attached hydrogen (secondary N) is 2. The molecule has 2 heterocycles. The molecule has 7 nitrogen and oxygen atoms in total. The predicted octanol–water partition coefficient (Wildman–Crippen LogP) is 3.33. The van der Waals surface area contributed by atoms with Crippen LogP contribution in [0.15, 0.2) is 56.8 Å². The Morgan fingerprint density at radius 2 is 2.14 bits per heavy atom. The van der Waals surface area contributed by atoms with Crippen molar-refractivity contribution in [2.75, 3.05) is 18.2 Å². The Kier molecular flexibility index (Phi) is 7.10. The van der Waals surface area contributed by atoms with Crippen molar-refractivity contribution in [2.45, 2.75) is 17.3 Å². The third-order valence-corrected chi connectivity index (χ3v) is 5.66. The number of methoxy groups -OCH3 is 1. The fourth-order valence-electron chi connectivity index (χ4n) is 2.29. The molecule has 3 rings (SSSR count). The number of benzene rings is 1. The fourth-order valence-corrected chi connectivity index (χ4v) is 3.93. The lowest BCUT2D eigenvalue weighted by molar-refractivity contribution is -0.120. The number of aromatic nitrogens is 1. The largest absolute Gasteiger partial charge is 0.497 e. The van der Waals surface area contributed by atoms with E-state index in [4.69, 9.17) is 9.15 Å². The molecule has 0 fully saturated rings. The standard InChI is InChI=1S/C19H19N3O4S2/c1-25-15-5-2-4-13(8-15)21-18(24)12-28-19-22-14(11-27-19)9-17(23)20-10-16-6-3-7-26-16/h2-8,11H,9-10,12H2,1H3,(H,20,23)(H,21,24). The van der Waals surface area contributed by atoms with Gasteiger partial charge in [0.1, 0.15) is 11.5 Å². The van der Waals surface area contributed by atoms with Gasteiger partial charge in [0, 0.05) is 17.1 Å². The van der Waals surface area contributed by atoms with Crippen molar-refractivity contribution in [1.29, 1.82) is 0 Å². The van der Waals surface area contributed by atoms with Crippen molar-refractivity contribution < 1.29 is 18.7 Å². The highest BCUT2D eigenvalue weighted by Crippen LogP contribution is 2.23. The van der Waals surface area contributed by atoms with Crippen LogP contribution >= 0.6 is 23.1 Å². The molecule has 28 heavy (non-hydrogen) atoms. The van der Waals surface area contributed by atoms with Gasteiger partial charge in [0.15, 0.2) is 4.34 Å². The number of rotatable bonds is 9. The van der Waals surface area contributed by atoms with Crippen LogP contribution in [-0.2, 0) is 22.6 Å². The number of furan rings is 1. The molecule has 0 atom stereocenters. The maximum atomic E-state index is 12.1. The zero-order chi connectivity index (χ0) is 19.8. The number of hydrogen-bond acceptors (Lipinski definition) is 7. The smallest absolute Gasteiger partial charge is 0.234 e. The third-order valence-electron chi connectivity index (χ3n) is 3.59. The number of carbonyl (C=O) groups is 2. The summed E-state index contributed by atoms with van der Waals surface area (Å²) in [6.45, 7) is 0.349. The van der Waals surface area contributed by atoms with Crippen LogP contribution in [0, 0.1) is 0 Å². The highest BCUT2D eigenvalue weighted by Gasteiger charge is 2.11. The number of amides is 2. The van der Waals surface area contributed by atoms with Crippen LogP contribution in [-0.4, -0.2) is 29.7 Å². The molecule has 0 aliphatic carbocycles. The zero-order valence-electron chi connectivity index (χ0n) is 15.1. The summed E-state index contributed by atoms with van der Waals surface area (Å²) in [5, 5.41) is 7.43. The first-order valence-electron chi connectivity index (χ1n) is 8.42. The van der Waals surface area contributed by atoms with E-state index in [0.29, 0.717) is 29.4 Å². The number of ether oxygens (including phenoxy) is 1. The topological polar surface area (TPSA) is 93.5 Å². The van der Waals surface area contributed by atoms with Gasteiger partial charge in [-0.1, -0.05) is 17.8 Å². The molecule has 0 saturated carbocycles. The number of thiazole rings is 1. The molecule has 3 aromatic rings. The minimum Gasteiger partial charge on any atom is -0.497 e. The second kappa shape index (κ2) is 9.95. The third kappa shape index (κ3) is 6.14. The first-order valence-corrected chi connectivity index (χ1v) is 10.3. The molecule has 9 heteroatoms. The molecule has 2 aromatic heterocycles. The van der Waals surface area contributed by atoms with Gasteiger partial charge in [-0.2, -0.15) is 0 Å². The van der Waals surface area contributed by atoms with E-state index >= 15 is 0 Å². The Labute approximate surface area is 170 Å². The average Bonchev–Trinajstić information content (AvgIpc) is 3.37. The van der Waals surface area contributed by atoms with Crippen molar-refractivity contribution in [3.05, 3.63) is 59.5 Å². The molecular formula is C19H19N3O4S2. The van der Waals surface area contributed by atoms with E-state index in [1.54, 1.807) is 37.6 Å². The van der Waals surface area contributed by atoms with Gasteiger partial charge in [-0.3, -0.25) is 9.59 Å². The van der Waals surface area contributed by atoms with E-state index in [1.807, 2.05) is 17.5 Å². The van der Waals surface area contributed by atoms with Gasteiger partial charge >= 0.3 is 0 Å². The second-order valence-electron chi connectivity index (χ2n) is 5.71. The van der Waals surface area contributed by atoms with Crippen LogP contribution in [0.5, 0.6) is 5.75 Å². The quantitative estimate of drug-likeness (QED) is 0.519. The summed E-state index contributed by atoms with van der Waals surface area (Å²) in [6.07, 6.45) is 1.75. The average molecular weight is 418 g/mol. The molecule has 0 unspecified atom stereocenters. The van der Waals surface area contributed by atoms with Gasteiger partial charge in [0.25, 0.3) is 0 Å². The monoisotopic (exact) mass is 417 g/mol. The number of nitrogens with zero attached hydrogens (tertiary/aromatic N) is 1. The Balaban J connectivity index is 1.42. The SMILES string of the molecule is COc1cccc(NC(=O)CSc2nc(CC(=O)NCc3ccco3)cs2)c1. The summed E-state index contributed by atoms with van der Waals surface area (Å²) < 4.78 is 11.1. The number of carbonyl (C=O) groups excluding carboxylic acids is 2. The van der Waals surface area contributed by atoms with Crippen LogP contribution in [0.2, 0.25) is 0 Å². The molecule has 2 amide bonds. The molecule has 0 aliphatic rings. The minimum absolute atomic E-state index is 0.131. The van der Waals surface area contributed by atoms with Gasteiger partial charge in [0.05, 0.1) is 37.8 Å². The molecule has 2 N–H and O–H groups in total. The zero-order valence-corrected chi connectivity index (χ0v) is 16.8. The lowest BCUT2D eigenvalue weighted by Gasteiger charge is -2.06. The number of thioether (sulfide) groups is 1. The number of anilines is 1. The first-order chi connectivity index (χ1) is 13.6. The van der Waals surface area contributed by atoms with Crippen molar-refractivity contribution >= 4 is 40.6 Å². The van der Waals surface area contributed by atoms with Crippen molar-refractivity contribution in [3.63, 3.8) is 0 Å². The normalized spacial score (nSPS) is 10.5. The van der Waals surface area contributed by atoms with Gasteiger partial charge < -0.3 is 19.8 Å². The van der Waals surface area contributed by atoms with E-state index < -0.39 is 0 Å². The van der Waals surface area contributed by atoms with E-state index in [0.717, 1.165) is 4.34 Å². The second-order valence-corrected chi connectivity index (χ2v) is 7.79. The van der Waals surface area contributed by atoms with Crippen LogP contribution in [0.1, 0.15) is 11.5 Å². The summed E-state index contributed by atoms with van der Waals surface area (Å²) in [4.78, 5) is 28.5. The molecule has 0 radical (unpaired) electrons. The molecule has 0 bridgehead atoms. The maximum Gasteiger partial charge on any atom is 0.234 e. The Hall–Kier alpha value is -2.78. The van der Waals surface area contributed by atoms with Crippen molar-refractivity contribution in [3.8, 4) is 5.75 Å². The molecule has 146 valence electrons. The summed E-state index contributed by atoms with van der Waals surface area (Å²) in [7, 11) is 1.58. The molecular weight excluding hydrogens is 398 g/mol. The Morgan fingerprint density at radius 3 is 2.93 bits per heavy atom. The highest BCUT2D eigenvalue weighted by atomic mass is 32.2. The summed E-state index contributed by atoms with van der Waals surface area (Å²) in [6, 6.07) is 10.8. The maximum absolute atomic E-state index is 12.1. The van der Waals surface area contributed by atoms with E-state index in [1.165, 1.54) is 23.1 Å². The summed E-state index contributed by atoms with van der Waals surface area (Å²) in [5.74, 6) is 1.35. The lowest BCUT2D eigenvalue weighted by Crippen LogP contribution is -2.24. The van der Waals surface area contributed by atoms with E-state index in [-0.39, 0.29) is 24.0 Å². The first kappa shape index (κ1) is 20.0. The Morgan fingerprint density at radius 1 is 1.25 bits per heavy atom. The van der Waals surface area contributed by atoms with Gasteiger partial charge in [-0.05, 0) is 24.3 Å². The van der Waals surface area contributed by atoms with E-state index in [9.17, 15) is 9.59 Å². The van der Waals surface area contributed by atoms with Crippen LogP contribution in [0.3, 0.4) is 0 Å². The number of hydrogen-bond donors (Lipinski definition) is 2.